The van der Waals surface area contributed by atoms with E-state index in [9.17, 15) is 4.79 Å². The minimum atomic E-state index is 0.0595. The number of carbonyl (C=O) groups excluding carboxylic acids is 1. The summed E-state index contributed by atoms with van der Waals surface area (Å²) in [5.74, 6) is 0.0595. The van der Waals surface area contributed by atoms with Crippen LogP contribution in [0.3, 0.4) is 0 Å². The molecule has 0 radical (unpaired) electrons. The zero-order valence-electron chi connectivity index (χ0n) is 12.1. The minimum absolute atomic E-state index is 0.0595. The maximum atomic E-state index is 11.4. The van der Waals surface area contributed by atoms with Crippen molar-refractivity contribution in [1.29, 1.82) is 0 Å². The molecule has 1 heterocycles. The average Bonchev–Trinajstić information content (AvgIpc) is 2.44. The van der Waals surface area contributed by atoms with E-state index in [1.165, 1.54) is 0 Å². The van der Waals surface area contributed by atoms with E-state index >= 15 is 0 Å². The van der Waals surface area contributed by atoms with E-state index in [0.29, 0.717) is 26.1 Å². The predicted octanol–water partition coefficient (Wildman–Crippen LogP) is -0.551. The van der Waals surface area contributed by atoms with Crippen molar-refractivity contribution in [2.45, 2.75) is 19.4 Å². The molecular formula is C13H27N3O3. The molecule has 1 unspecified atom stereocenters. The van der Waals surface area contributed by atoms with Crippen LogP contribution >= 0.6 is 0 Å². The lowest BCUT2D eigenvalue weighted by atomic mass is 10.2. The topological polar surface area (TPSA) is 62.8 Å². The molecule has 0 aromatic carbocycles. The fourth-order valence-electron chi connectivity index (χ4n) is 2.04. The summed E-state index contributed by atoms with van der Waals surface area (Å²) in [6.45, 7) is 8.67. The molecule has 2 N–H and O–H groups in total. The number of nitrogens with one attached hydrogen (secondary N) is 2. The van der Waals surface area contributed by atoms with E-state index in [1.54, 1.807) is 7.11 Å². The van der Waals surface area contributed by atoms with Gasteiger partial charge in [0.05, 0.1) is 19.3 Å². The fourth-order valence-corrected chi connectivity index (χ4v) is 2.04. The highest BCUT2D eigenvalue weighted by molar-refractivity contribution is 5.75. The van der Waals surface area contributed by atoms with Gasteiger partial charge in [0.1, 0.15) is 0 Å². The Balaban J connectivity index is 1.99. The van der Waals surface area contributed by atoms with Gasteiger partial charge in [-0.15, -0.1) is 0 Å². The number of morpholine rings is 1. The summed E-state index contributed by atoms with van der Waals surface area (Å²) in [7, 11) is 1.62. The number of rotatable bonds is 9. The first-order chi connectivity index (χ1) is 9.26. The molecule has 1 saturated heterocycles. The van der Waals surface area contributed by atoms with Crippen LogP contribution in [-0.2, 0) is 14.3 Å². The van der Waals surface area contributed by atoms with Crippen LogP contribution in [0.15, 0.2) is 0 Å². The highest BCUT2D eigenvalue weighted by atomic mass is 16.5. The molecule has 0 aromatic rings. The third kappa shape index (κ3) is 7.47. The summed E-state index contributed by atoms with van der Waals surface area (Å²) in [4.78, 5) is 13.8. The van der Waals surface area contributed by atoms with E-state index in [2.05, 4.69) is 22.5 Å². The average molecular weight is 273 g/mol. The van der Waals surface area contributed by atoms with Crippen molar-refractivity contribution in [1.82, 2.24) is 15.5 Å². The first kappa shape index (κ1) is 16.4. The molecule has 0 saturated carbocycles. The lowest BCUT2D eigenvalue weighted by Gasteiger charge is -2.32. The fraction of sp³-hybridized carbons (Fsp3) is 0.923. The van der Waals surface area contributed by atoms with Crippen LogP contribution in [0, 0.1) is 0 Å². The van der Waals surface area contributed by atoms with Gasteiger partial charge in [-0.3, -0.25) is 9.69 Å². The van der Waals surface area contributed by atoms with Gasteiger partial charge in [-0.2, -0.15) is 0 Å². The van der Waals surface area contributed by atoms with Gasteiger partial charge < -0.3 is 20.1 Å². The van der Waals surface area contributed by atoms with Crippen LogP contribution < -0.4 is 10.6 Å². The van der Waals surface area contributed by atoms with Gasteiger partial charge in [0.2, 0.25) is 5.91 Å². The van der Waals surface area contributed by atoms with Crippen molar-refractivity contribution >= 4 is 5.91 Å². The quantitative estimate of drug-likeness (QED) is 0.552. The molecule has 1 atom stereocenters. The highest BCUT2D eigenvalue weighted by Crippen LogP contribution is 2.03. The van der Waals surface area contributed by atoms with Gasteiger partial charge in [-0.25, -0.2) is 0 Å². The maximum absolute atomic E-state index is 11.4. The van der Waals surface area contributed by atoms with Crippen molar-refractivity contribution in [2.75, 3.05) is 59.6 Å². The van der Waals surface area contributed by atoms with Gasteiger partial charge in [-0.1, -0.05) is 6.92 Å². The zero-order chi connectivity index (χ0) is 13.9. The Morgan fingerprint density at radius 3 is 3.05 bits per heavy atom. The Hall–Kier alpha value is -0.690. The number of likely N-dealkylation sites (N-methyl/N-ethyl adjacent to an activating group) is 1. The third-order valence-corrected chi connectivity index (χ3v) is 3.20. The summed E-state index contributed by atoms with van der Waals surface area (Å²) in [5, 5.41) is 6.07. The van der Waals surface area contributed by atoms with Gasteiger partial charge in [0, 0.05) is 46.3 Å². The van der Waals surface area contributed by atoms with E-state index in [4.69, 9.17) is 9.47 Å². The van der Waals surface area contributed by atoms with Crippen molar-refractivity contribution in [3.8, 4) is 0 Å². The maximum Gasteiger partial charge on any atom is 0.221 e. The largest absolute Gasteiger partial charge is 0.383 e. The molecule has 0 spiro atoms. The Morgan fingerprint density at radius 2 is 2.32 bits per heavy atom. The number of carbonyl (C=O) groups is 1. The molecule has 1 fully saturated rings. The lowest BCUT2D eigenvalue weighted by Crippen LogP contribution is -2.46. The normalized spacial score (nSPS) is 20.4. The minimum Gasteiger partial charge on any atom is -0.383 e. The number of nitrogens with zero attached hydrogens (tertiary/aromatic N) is 1. The van der Waals surface area contributed by atoms with E-state index in [1.807, 2.05) is 0 Å². The van der Waals surface area contributed by atoms with E-state index in [0.717, 1.165) is 32.8 Å². The molecule has 19 heavy (non-hydrogen) atoms. The Bertz CT molecular complexity index is 251. The summed E-state index contributed by atoms with van der Waals surface area (Å²) in [6.07, 6.45) is 0.735. The summed E-state index contributed by atoms with van der Waals surface area (Å²) in [6, 6.07) is 0. The number of hydrogen-bond acceptors (Lipinski definition) is 5. The second kappa shape index (κ2) is 10.1. The third-order valence-electron chi connectivity index (χ3n) is 3.20. The second-order valence-electron chi connectivity index (χ2n) is 4.68. The van der Waals surface area contributed by atoms with Crippen molar-refractivity contribution in [2.24, 2.45) is 0 Å². The van der Waals surface area contributed by atoms with Crippen LogP contribution in [0.4, 0.5) is 0 Å². The van der Waals surface area contributed by atoms with Gasteiger partial charge in [0.15, 0.2) is 0 Å². The molecule has 1 aliphatic heterocycles. The molecular weight excluding hydrogens is 246 g/mol. The first-order valence-electron chi connectivity index (χ1n) is 7.06. The van der Waals surface area contributed by atoms with Crippen LogP contribution in [0.1, 0.15) is 13.3 Å². The smallest absolute Gasteiger partial charge is 0.221 e. The van der Waals surface area contributed by atoms with Gasteiger partial charge in [-0.05, 0) is 6.54 Å². The number of methoxy groups -OCH3 is 1. The Kier molecular flexibility index (Phi) is 8.73. The van der Waals surface area contributed by atoms with Crippen molar-refractivity contribution in [3.63, 3.8) is 0 Å². The van der Waals surface area contributed by atoms with E-state index in [-0.39, 0.29) is 12.0 Å². The second-order valence-corrected chi connectivity index (χ2v) is 4.68. The molecule has 6 heteroatoms. The Morgan fingerprint density at radius 1 is 1.47 bits per heavy atom. The van der Waals surface area contributed by atoms with Gasteiger partial charge >= 0.3 is 0 Å². The number of amides is 1. The molecule has 112 valence electrons. The van der Waals surface area contributed by atoms with E-state index < -0.39 is 0 Å². The standard InChI is InChI=1S/C13H27N3O3/c1-3-16-7-9-19-12(11-16)10-14-5-4-13(17)15-6-8-18-2/h12,14H,3-11H2,1-2H3,(H,15,17). The highest BCUT2D eigenvalue weighted by Gasteiger charge is 2.18. The molecule has 6 nitrogen and oxygen atoms in total. The molecule has 0 aromatic heterocycles. The molecule has 1 amide bonds. The molecule has 1 rings (SSSR count). The predicted molar refractivity (Wildman–Crippen MR) is 74.2 cm³/mol. The van der Waals surface area contributed by atoms with Crippen molar-refractivity contribution in [3.05, 3.63) is 0 Å². The Labute approximate surface area is 115 Å². The number of ether oxygens (including phenoxy) is 2. The summed E-state index contributed by atoms with van der Waals surface area (Å²) < 4.78 is 10.5. The van der Waals surface area contributed by atoms with Crippen LogP contribution in [0.5, 0.6) is 0 Å². The lowest BCUT2D eigenvalue weighted by molar-refractivity contribution is -0.121. The molecule has 0 bridgehead atoms. The number of hydrogen-bond donors (Lipinski definition) is 2. The zero-order valence-corrected chi connectivity index (χ0v) is 12.1. The summed E-state index contributed by atoms with van der Waals surface area (Å²) >= 11 is 0. The van der Waals surface area contributed by atoms with Crippen LogP contribution in [0.2, 0.25) is 0 Å². The first-order valence-corrected chi connectivity index (χ1v) is 7.06. The monoisotopic (exact) mass is 273 g/mol. The van der Waals surface area contributed by atoms with Crippen LogP contribution in [-0.4, -0.2) is 76.5 Å². The molecule has 1 aliphatic rings. The SMILES string of the molecule is CCN1CCOC(CNCCC(=O)NCCOC)C1. The summed E-state index contributed by atoms with van der Waals surface area (Å²) in [5.41, 5.74) is 0. The van der Waals surface area contributed by atoms with Crippen molar-refractivity contribution < 1.29 is 14.3 Å². The van der Waals surface area contributed by atoms with Gasteiger partial charge in [0.25, 0.3) is 0 Å². The molecule has 0 aliphatic carbocycles. The van der Waals surface area contributed by atoms with Crippen LogP contribution in [0.25, 0.3) is 0 Å².